The Morgan fingerprint density at radius 2 is 2.25 bits per heavy atom. The molecule has 0 radical (unpaired) electrons. The van der Waals surface area contributed by atoms with Crippen molar-refractivity contribution in [2.24, 2.45) is 0 Å². The van der Waals surface area contributed by atoms with E-state index in [0.29, 0.717) is 23.5 Å². The van der Waals surface area contributed by atoms with Crippen LogP contribution in [0.3, 0.4) is 0 Å². The van der Waals surface area contributed by atoms with E-state index in [-0.39, 0.29) is 5.97 Å². The van der Waals surface area contributed by atoms with Crippen molar-refractivity contribution in [2.75, 3.05) is 37.8 Å². The number of hydrogen-bond acceptors (Lipinski definition) is 5. The van der Waals surface area contributed by atoms with E-state index in [2.05, 4.69) is 17.3 Å². The maximum Gasteiger partial charge on any atom is 0.340 e. The summed E-state index contributed by atoms with van der Waals surface area (Å²) in [4.78, 5) is 14.2. The average molecular weight is 277 g/mol. The van der Waals surface area contributed by atoms with Crippen LogP contribution in [0, 0.1) is 0 Å². The molecule has 0 atom stereocenters. The first kappa shape index (κ1) is 14.7. The van der Waals surface area contributed by atoms with Crippen molar-refractivity contribution in [1.29, 1.82) is 0 Å². The van der Waals surface area contributed by atoms with Gasteiger partial charge in [0.15, 0.2) is 0 Å². The van der Waals surface area contributed by atoms with Gasteiger partial charge < -0.3 is 20.7 Å². The Kier molecular flexibility index (Phi) is 4.84. The predicted molar refractivity (Wildman–Crippen MR) is 81.0 cm³/mol. The smallest absolute Gasteiger partial charge is 0.340 e. The van der Waals surface area contributed by atoms with Crippen molar-refractivity contribution < 1.29 is 9.53 Å². The Labute approximate surface area is 120 Å². The van der Waals surface area contributed by atoms with Crippen LogP contribution in [-0.2, 0) is 4.74 Å². The number of carbonyl (C=O) groups excluding carboxylic acids is 1. The number of nitrogens with two attached hydrogens (primary N) is 1. The molecule has 0 unspecified atom stereocenters. The molecule has 1 aromatic rings. The van der Waals surface area contributed by atoms with Crippen LogP contribution in [0.2, 0.25) is 0 Å². The topological polar surface area (TPSA) is 67.6 Å². The molecule has 1 aliphatic carbocycles. The van der Waals surface area contributed by atoms with Gasteiger partial charge in [-0.05, 0) is 38.9 Å². The van der Waals surface area contributed by atoms with Crippen LogP contribution in [0.15, 0.2) is 18.2 Å². The molecule has 1 aromatic carbocycles. The van der Waals surface area contributed by atoms with Crippen molar-refractivity contribution in [3.63, 3.8) is 0 Å². The van der Waals surface area contributed by atoms with Crippen molar-refractivity contribution in [3.8, 4) is 0 Å². The van der Waals surface area contributed by atoms with Crippen LogP contribution >= 0.6 is 0 Å². The van der Waals surface area contributed by atoms with Crippen LogP contribution in [0.1, 0.15) is 30.1 Å². The molecule has 0 bridgehead atoms. The van der Waals surface area contributed by atoms with E-state index in [1.54, 1.807) is 25.1 Å². The van der Waals surface area contributed by atoms with E-state index in [1.807, 2.05) is 0 Å². The zero-order valence-electron chi connectivity index (χ0n) is 12.2. The maximum atomic E-state index is 11.9. The number of nitrogen functional groups attached to an aromatic ring is 1. The SMILES string of the molecule is CCOC(=O)c1cccc(N)c1NCCN(C)C1CC1. The third-order valence-electron chi connectivity index (χ3n) is 3.53. The number of benzene rings is 1. The summed E-state index contributed by atoms with van der Waals surface area (Å²) in [6.45, 7) is 3.84. The number of para-hydroxylation sites is 1. The minimum atomic E-state index is -0.335. The number of nitrogens with zero attached hydrogens (tertiary/aromatic N) is 1. The van der Waals surface area contributed by atoms with E-state index in [0.717, 1.165) is 19.1 Å². The van der Waals surface area contributed by atoms with Gasteiger partial charge in [-0.15, -0.1) is 0 Å². The highest BCUT2D eigenvalue weighted by Gasteiger charge is 2.25. The number of hydrogen-bond donors (Lipinski definition) is 2. The lowest BCUT2D eigenvalue weighted by molar-refractivity contribution is 0.0527. The van der Waals surface area contributed by atoms with Crippen molar-refractivity contribution >= 4 is 17.3 Å². The fourth-order valence-corrected chi connectivity index (χ4v) is 2.20. The highest BCUT2D eigenvalue weighted by atomic mass is 16.5. The maximum absolute atomic E-state index is 11.9. The van der Waals surface area contributed by atoms with Gasteiger partial charge in [0.2, 0.25) is 0 Å². The summed E-state index contributed by atoms with van der Waals surface area (Å²) < 4.78 is 5.05. The molecule has 0 aliphatic heterocycles. The minimum absolute atomic E-state index is 0.335. The Balaban J connectivity index is 1.99. The van der Waals surface area contributed by atoms with E-state index in [9.17, 15) is 4.79 Å². The molecule has 2 rings (SSSR count). The second-order valence-corrected chi connectivity index (χ2v) is 5.13. The first-order valence-electron chi connectivity index (χ1n) is 7.13. The highest BCUT2D eigenvalue weighted by molar-refractivity contribution is 5.98. The third-order valence-corrected chi connectivity index (χ3v) is 3.53. The number of ether oxygens (including phenoxy) is 1. The Hall–Kier alpha value is -1.75. The lowest BCUT2D eigenvalue weighted by atomic mass is 10.1. The van der Waals surface area contributed by atoms with E-state index >= 15 is 0 Å². The molecule has 0 heterocycles. The van der Waals surface area contributed by atoms with Crippen LogP contribution in [0.5, 0.6) is 0 Å². The zero-order valence-corrected chi connectivity index (χ0v) is 12.2. The number of esters is 1. The van der Waals surface area contributed by atoms with E-state index < -0.39 is 0 Å². The Bertz CT molecular complexity index is 472. The Morgan fingerprint density at radius 1 is 1.50 bits per heavy atom. The summed E-state index contributed by atoms with van der Waals surface area (Å²) in [7, 11) is 2.12. The Morgan fingerprint density at radius 3 is 2.90 bits per heavy atom. The van der Waals surface area contributed by atoms with Crippen LogP contribution in [0.25, 0.3) is 0 Å². The largest absolute Gasteiger partial charge is 0.462 e. The van der Waals surface area contributed by atoms with Crippen LogP contribution in [0.4, 0.5) is 11.4 Å². The molecule has 1 fully saturated rings. The zero-order chi connectivity index (χ0) is 14.5. The number of carbonyl (C=O) groups is 1. The number of likely N-dealkylation sites (N-methyl/N-ethyl adjacent to an activating group) is 1. The summed E-state index contributed by atoms with van der Waals surface area (Å²) >= 11 is 0. The molecular weight excluding hydrogens is 254 g/mol. The molecule has 1 aliphatic rings. The van der Waals surface area contributed by atoms with Gasteiger partial charge in [-0.2, -0.15) is 0 Å². The van der Waals surface area contributed by atoms with Crippen molar-refractivity contribution in [2.45, 2.75) is 25.8 Å². The summed E-state index contributed by atoms with van der Waals surface area (Å²) in [5.74, 6) is -0.335. The second-order valence-electron chi connectivity index (χ2n) is 5.13. The summed E-state index contributed by atoms with van der Waals surface area (Å²) in [6.07, 6.45) is 2.58. The minimum Gasteiger partial charge on any atom is -0.462 e. The third kappa shape index (κ3) is 3.63. The fourth-order valence-electron chi connectivity index (χ4n) is 2.20. The molecule has 0 amide bonds. The molecule has 3 N–H and O–H groups in total. The monoisotopic (exact) mass is 277 g/mol. The molecule has 1 saturated carbocycles. The highest BCUT2D eigenvalue weighted by Crippen LogP contribution is 2.26. The number of rotatable bonds is 7. The number of nitrogens with one attached hydrogen (secondary N) is 1. The van der Waals surface area contributed by atoms with Crippen molar-refractivity contribution in [1.82, 2.24) is 4.90 Å². The van der Waals surface area contributed by atoms with Gasteiger partial charge in [-0.1, -0.05) is 6.07 Å². The van der Waals surface area contributed by atoms with Gasteiger partial charge in [-0.3, -0.25) is 0 Å². The number of anilines is 2. The van der Waals surface area contributed by atoms with Crippen molar-refractivity contribution in [3.05, 3.63) is 23.8 Å². The molecule has 0 spiro atoms. The quantitative estimate of drug-likeness (QED) is 0.589. The molecule has 0 saturated heterocycles. The van der Waals surface area contributed by atoms with Gasteiger partial charge in [0, 0.05) is 19.1 Å². The lowest BCUT2D eigenvalue weighted by Gasteiger charge is -2.18. The second kappa shape index (κ2) is 6.61. The van der Waals surface area contributed by atoms with Gasteiger partial charge in [0.25, 0.3) is 0 Å². The standard InChI is InChI=1S/C15H23N3O2/c1-3-20-15(19)12-5-4-6-13(16)14(12)17-9-10-18(2)11-7-8-11/h4-6,11,17H,3,7-10,16H2,1-2H3. The molecule has 20 heavy (non-hydrogen) atoms. The molecule has 5 nitrogen and oxygen atoms in total. The first-order valence-corrected chi connectivity index (χ1v) is 7.13. The molecule has 5 heteroatoms. The van der Waals surface area contributed by atoms with Gasteiger partial charge in [-0.25, -0.2) is 4.79 Å². The van der Waals surface area contributed by atoms with E-state index in [1.165, 1.54) is 12.8 Å². The molecule has 110 valence electrons. The summed E-state index contributed by atoms with van der Waals surface area (Å²) in [5.41, 5.74) is 7.71. The van der Waals surface area contributed by atoms with E-state index in [4.69, 9.17) is 10.5 Å². The summed E-state index contributed by atoms with van der Waals surface area (Å²) in [6, 6.07) is 6.02. The van der Waals surface area contributed by atoms with Gasteiger partial charge in [0.1, 0.15) is 0 Å². The van der Waals surface area contributed by atoms with Gasteiger partial charge in [0.05, 0.1) is 23.5 Å². The van der Waals surface area contributed by atoms with Gasteiger partial charge >= 0.3 is 5.97 Å². The molecular formula is C15H23N3O2. The lowest BCUT2D eigenvalue weighted by Crippen LogP contribution is -2.27. The predicted octanol–water partition coefficient (Wildman–Crippen LogP) is 1.95. The first-order chi connectivity index (χ1) is 9.63. The normalized spacial score (nSPS) is 14.3. The average Bonchev–Trinajstić information content (AvgIpc) is 3.25. The summed E-state index contributed by atoms with van der Waals surface area (Å²) in [5, 5.41) is 3.27. The molecule has 0 aromatic heterocycles. The van der Waals surface area contributed by atoms with Crippen LogP contribution in [-0.4, -0.2) is 43.7 Å². The van der Waals surface area contributed by atoms with Crippen LogP contribution < -0.4 is 11.1 Å². The fraction of sp³-hybridized carbons (Fsp3) is 0.533.